The molecule has 8 nitrogen and oxygen atoms in total. The predicted octanol–water partition coefficient (Wildman–Crippen LogP) is 6.50. The van der Waals surface area contributed by atoms with Gasteiger partial charge in [-0.1, -0.05) is 63.9 Å². The zero-order valence-electron chi connectivity index (χ0n) is 25.8. The van der Waals surface area contributed by atoms with Crippen molar-refractivity contribution < 1.29 is 19.0 Å². The number of aryl methyl sites for hydroxylation is 1. The van der Waals surface area contributed by atoms with Crippen LogP contribution < -0.4 is 14.9 Å². The van der Waals surface area contributed by atoms with Crippen LogP contribution in [-0.2, 0) is 12.8 Å². The first-order valence-corrected chi connectivity index (χ1v) is 17.0. The van der Waals surface area contributed by atoms with Gasteiger partial charge in [0.2, 0.25) is 0 Å². The lowest BCUT2D eigenvalue weighted by Crippen LogP contribution is -2.52. The number of carbonyl (C=O) groups is 1. The van der Waals surface area contributed by atoms with Gasteiger partial charge >= 0.3 is 0 Å². The Labute approximate surface area is 252 Å². The molecule has 6 N–H and O–H groups in total. The average Bonchev–Trinajstić information content (AvgIpc) is 3.53. The lowest BCUT2D eigenvalue weighted by molar-refractivity contribution is 0.0812. The summed E-state index contributed by atoms with van der Waals surface area (Å²) in [5.74, 6) is 0.681. The zero-order chi connectivity index (χ0) is 30.5. The monoisotopic (exact) mass is 598 g/mol. The lowest BCUT2D eigenvalue weighted by atomic mass is 9.93. The Kier molecular flexibility index (Phi) is 10.6. The number of rotatable bonds is 14. The van der Waals surface area contributed by atoms with Crippen molar-refractivity contribution in [2.75, 3.05) is 23.1 Å². The van der Waals surface area contributed by atoms with E-state index in [4.69, 9.17) is 0 Å². The maximum Gasteiger partial charge on any atom is 0.251 e. The van der Waals surface area contributed by atoms with Crippen LogP contribution in [0.4, 0.5) is 5.69 Å². The number of aromatic amines is 1. The molecule has 9 heteroatoms. The quantitative estimate of drug-likeness (QED) is 0.126. The molecule has 0 spiro atoms. The molecule has 4 rings (SSSR count). The van der Waals surface area contributed by atoms with Gasteiger partial charge in [0.25, 0.3) is 5.91 Å². The number of aliphatic hydroxyl groups is 1. The topological polar surface area (TPSA) is 121 Å². The van der Waals surface area contributed by atoms with Crippen molar-refractivity contribution >= 4 is 33.3 Å². The third kappa shape index (κ3) is 8.08. The van der Waals surface area contributed by atoms with Crippen LogP contribution in [0.15, 0.2) is 48.7 Å². The van der Waals surface area contributed by atoms with Crippen molar-refractivity contribution in [2.24, 2.45) is 5.92 Å². The summed E-state index contributed by atoms with van der Waals surface area (Å²) in [4.78, 5) is 17.2. The Morgan fingerprint density at radius 1 is 1.17 bits per heavy atom. The van der Waals surface area contributed by atoms with Gasteiger partial charge < -0.3 is 20.7 Å². The lowest BCUT2D eigenvalue weighted by Gasteiger charge is -2.38. The molecule has 0 unspecified atom stereocenters. The van der Waals surface area contributed by atoms with Crippen molar-refractivity contribution in [3.8, 4) is 0 Å². The molecule has 3 aromatic rings. The van der Waals surface area contributed by atoms with Gasteiger partial charge in [-0.05, 0) is 68.7 Å². The van der Waals surface area contributed by atoms with E-state index in [-0.39, 0.29) is 11.4 Å². The van der Waals surface area contributed by atoms with Crippen molar-refractivity contribution in [3.63, 3.8) is 0 Å². The van der Waals surface area contributed by atoms with E-state index in [0.717, 1.165) is 41.3 Å². The molecule has 1 aromatic heterocycles. The van der Waals surface area contributed by atoms with Crippen LogP contribution in [0.25, 0.3) is 10.9 Å². The van der Waals surface area contributed by atoms with Crippen LogP contribution in [0.2, 0.25) is 0 Å². The Balaban J connectivity index is 1.58. The predicted molar refractivity (Wildman–Crippen MR) is 176 cm³/mol. The molecule has 1 aliphatic rings. The number of hydrogen-bond donors (Lipinski definition) is 6. The minimum Gasteiger partial charge on any atom is -0.390 e. The largest absolute Gasteiger partial charge is 0.390 e. The fourth-order valence-corrected chi connectivity index (χ4v) is 7.41. The molecule has 0 bridgehead atoms. The summed E-state index contributed by atoms with van der Waals surface area (Å²) in [6, 6.07) is 13.0. The molecule has 0 aliphatic carbocycles. The molecule has 0 radical (unpaired) electrons. The van der Waals surface area contributed by atoms with Crippen molar-refractivity contribution in [3.05, 3.63) is 65.4 Å². The van der Waals surface area contributed by atoms with Crippen molar-refractivity contribution in [2.45, 2.75) is 90.8 Å². The fourth-order valence-electron chi connectivity index (χ4n) is 5.79. The van der Waals surface area contributed by atoms with Gasteiger partial charge in [0.05, 0.1) is 29.1 Å². The number of hydrogen-bond acceptors (Lipinski definition) is 6. The second-order valence-corrected chi connectivity index (χ2v) is 14.9. The number of nitrogens with one attached hydrogen (secondary N) is 3. The highest BCUT2D eigenvalue weighted by atomic mass is 32.3. The highest BCUT2D eigenvalue weighted by Crippen LogP contribution is 2.52. The number of β-amino-alcohol motifs (C(OH)–C–C–N with tert-alkyl or cyclic N) is 1. The molecule has 1 saturated heterocycles. The maximum atomic E-state index is 13.9. The Morgan fingerprint density at radius 3 is 2.55 bits per heavy atom. The minimum absolute atomic E-state index is 0.138. The van der Waals surface area contributed by atoms with E-state index in [0.29, 0.717) is 48.9 Å². The van der Waals surface area contributed by atoms with Gasteiger partial charge in [-0.25, -0.2) is 0 Å². The third-order valence-corrected chi connectivity index (χ3v) is 10.3. The highest BCUT2D eigenvalue weighted by molar-refractivity contribution is 8.25. The molecule has 1 aliphatic heterocycles. The first-order valence-electron chi connectivity index (χ1n) is 15.4. The summed E-state index contributed by atoms with van der Waals surface area (Å²) in [5, 5.41) is 19.0. The molecule has 1 amide bonds. The van der Waals surface area contributed by atoms with Gasteiger partial charge in [0.1, 0.15) is 0 Å². The van der Waals surface area contributed by atoms with E-state index in [1.807, 2.05) is 42.6 Å². The highest BCUT2D eigenvalue weighted by Gasteiger charge is 2.32. The zero-order valence-corrected chi connectivity index (χ0v) is 26.6. The molecule has 1 fully saturated rings. The second kappa shape index (κ2) is 13.8. The molecule has 2 heterocycles. The van der Waals surface area contributed by atoms with Crippen molar-refractivity contribution in [1.82, 2.24) is 15.6 Å². The van der Waals surface area contributed by atoms with Gasteiger partial charge in [0, 0.05) is 35.8 Å². The van der Waals surface area contributed by atoms with Crippen LogP contribution in [0, 0.1) is 5.92 Å². The summed E-state index contributed by atoms with van der Waals surface area (Å²) in [6.07, 6.45) is 6.32. The summed E-state index contributed by atoms with van der Waals surface area (Å²) >= 11 is 0. The third-order valence-electron chi connectivity index (χ3n) is 8.35. The summed E-state index contributed by atoms with van der Waals surface area (Å²) in [7, 11) is -2.95. The molecular formula is C33H50N4O4S. The number of anilines is 1. The van der Waals surface area contributed by atoms with Crippen LogP contribution in [0.3, 0.4) is 0 Å². The summed E-state index contributed by atoms with van der Waals surface area (Å²) < 4.78 is 23.2. The normalized spacial score (nSPS) is 17.5. The van der Waals surface area contributed by atoms with E-state index in [1.165, 1.54) is 6.42 Å². The Bertz CT molecular complexity index is 1320. The summed E-state index contributed by atoms with van der Waals surface area (Å²) in [6.45, 7) is 11.7. The van der Waals surface area contributed by atoms with Crippen LogP contribution >= 0.6 is 10.8 Å². The molecule has 2 atom stereocenters. The number of aromatic nitrogens is 1. The second-order valence-electron chi connectivity index (χ2n) is 12.8. The Hall–Kier alpha value is -2.56. The van der Waals surface area contributed by atoms with Crippen LogP contribution in [0.5, 0.6) is 0 Å². The van der Waals surface area contributed by atoms with Crippen LogP contribution in [0.1, 0.15) is 81.8 Å². The van der Waals surface area contributed by atoms with Gasteiger partial charge in [0.15, 0.2) is 0 Å². The van der Waals surface area contributed by atoms with Gasteiger partial charge in [-0.3, -0.25) is 18.2 Å². The number of amides is 1. The standard InChI is InChI=1S/C33H50N4O4S/c1-6-25-21-34-31-27(25)19-26(20-29(31)37-16-11-17-42(37,40)41)32(39)36-28(18-24-13-8-7-9-14-24)30(38)22-35-33(4,5)15-10-12-23(2)3/h7-9,13-14,19-21,23,28,30,34-35,38,40-41H,6,10-12,15-18,22H2,1-5H3,(H,36,39)/t28-,30+/m0/s1. The average molecular weight is 599 g/mol. The number of fused-ring (bicyclic) bond motifs is 1. The summed E-state index contributed by atoms with van der Waals surface area (Å²) in [5.41, 5.74) is 3.80. The number of benzene rings is 2. The number of nitrogens with zero attached hydrogens (tertiary/aromatic N) is 1. The first kappa shape index (κ1) is 32.4. The van der Waals surface area contributed by atoms with E-state index >= 15 is 0 Å². The minimum atomic E-state index is -2.95. The van der Waals surface area contributed by atoms with E-state index < -0.39 is 22.9 Å². The number of aliphatic hydroxyl groups excluding tert-OH is 1. The van der Waals surface area contributed by atoms with Gasteiger partial charge in [-0.15, -0.1) is 10.8 Å². The smallest absolute Gasteiger partial charge is 0.251 e. The van der Waals surface area contributed by atoms with Crippen molar-refractivity contribution in [1.29, 1.82) is 0 Å². The molecule has 0 saturated carbocycles. The molecular weight excluding hydrogens is 548 g/mol. The van der Waals surface area contributed by atoms with Crippen LogP contribution in [-0.4, -0.2) is 61.6 Å². The molecule has 2 aromatic carbocycles. The first-order chi connectivity index (χ1) is 19.9. The molecule has 232 valence electrons. The Morgan fingerprint density at radius 2 is 1.90 bits per heavy atom. The maximum absolute atomic E-state index is 13.9. The van der Waals surface area contributed by atoms with E-state index in [1.54, 1.807) is 10.4 Å². The fraction of sp³-hybridized carbons (Fsp3) is 0.545. The van der Waals surface area contributed by atoms with E-state index in [2.05, 4.69) is 50.2 Å². The SMILES string of the molecule is CCc1c[nH]c2c(N3CCCS3(O)O)cc(C(=O)N[C@@H](Cc3ccccc3)[C@H](O)CNC(C)(C)CCCC(C)C)cc12. The van der Waals surface area contributed by atoms with E-state index in [9.17, 15) is 19.0 Å². The molecule has 42 heavy (non-hydrogen) atoms. The van der Waals surface area contributed by atoms with Gasteiger partial charge in [-0.2, -0.15) is 0 Å². The number of H-pyrrole nitrogens is 1. The number of carbonyl (C=O) groups excluding carboxylic acids is 1.